The van der Waals surface area contributed by atoms with Crippen LogP contribution in [0.3, 0.4) is 0 Å². The zero-order valence-corrected chi connectivity index (χ0v) is 15.0. The molecule has 2 aromatic carbocycles. The van der Waals surface area contributed by atoms with Gasteiger partial charge in [0, 0.05) is 16.0 Å². The number of hydrogen-bond donors (Lipinski definition) is 1. The molecule has 0 spiro atoms. The number of aromatic nitrogens is 2. The van der Waals surface area contributed by atoms with E-state index in [1.165, 1.54) is 24.3 Å². The monoisotopic (exact) mass is 390 g/mol. The number of rotatable bonds is 3. The number of alkyl halides is 3. The Kier molecular flexibility index (Phi) is 5.57. The second-order valence-corrected chi connectivity index (χ2v) is 6.56. The average Bonchev–Trinajstić information content (AvgIpc) is 3.14. The number of H-pyrrole nitrogens is 1. The summed E-state index contributed by atoms with van der Waals surface area (Å²) >= 11 is 1.58. The van der Waals surface area contributed by atoms with E-state index in [2.05, 4.69) is 16.9 Å². The van der Waals surface area contributed by atoms with Crippen LogP contribution in [0.2, 0.25) is 0 Å². The number of aromatic amines is 1. The summed E-state index contributed by atoms with van der Waals surface area (Å²) < 4.78 is 53.1. The van der Waals surface area contributed by atoms with Gasteiger partial charge in [-0.25, -0.2) is 4.39 Å². The topological polar surface area (TPSA) is 28.7 Å². The summed E-state index contributed by atoms with van der Waals surface area (Å²) in [6.45, 7) is 0. The summed E-state index contributed by atoms with van der Waals surface area (Å²) in [6.07, 6.45) is -1.53. The fourth-order valence-electron chi connectivity index (χ4n) is 2.57. The van der Waals surface area contributed by atoms with Gasteiger partial charge in [0.1, 0.15) is 11.5 Å². The van der Waals surface area contributed by atoms with Crippen LogP contribution in [0.5, 0.6) is 0 Å². The summed E-state index contributed by atoms with van der Waals surface area (Å²) in [5, 5.41) is 5.54. The van der Waals surface area contributed by atoms with Gasteiger partial charge in [0.15, 0.2) is 0 Å². The highest BCUT2D eigenvalue weighted by Gasteiger charge is 2.37. The SMILES string of the molecule is CSc1ccc(C#CC(c2ccc(F)cc2)c2cn[nH]c2C(F)(F)F)cc1. The van der Waals surface area contributed by atoms with E-state index in [1.54, 1.807) is 23.9 Å². The van der Waals surface area contributed by atoms with Gasteiger partial charge in [0.25, 0.3) is 0 Å². The van der Waals surface area contributed by atoms with Gasteiger partial charge < -0.3 is 0 Å². The Morgan fingerprint density at radius 2 is 1.70 bits per heavy atom. The quantitative estimate of drug-likeness (QED) is 0.365. The van der Waals surface area contributed by atoms with Crippen LogP contribution < -0.4 is 0 Å². The molecule has 0 saturated carbocycles. The highest BCUT2D eigenvalue weighted by molar-refractivity contribution is 7.98. The van der Waals surface area contributed by atoms with Gasteiger partial charge in [0.2, 0.25) is 0 Å². The summed E-state index contributed by atoms with van der Waals surface area (Å²) in [5.74, 6) is 4.43. The molecule has 7 heteroatoms. The van der Waals surface area contributed by atoms with Gasteiger partial charge in [-0.2, -0.15) is 18.3 Å². The highest BCUT2D eigenvalue weighted by Crippen LogP contribution is 2.36. The Labute approximate surface area is 158 Å². The molecule has 138 valence electrons. The van der Waals surface area contributed by atoms with Crippen molar-refractivity contribution in [3.8, 4) is 11.8 Å². The summed E-state index contributed by atoms with van der Waals surface area (Å²) in [4.78, 5) is 1.06. The zero-order chi connectivity index (χ0) is 19.4. The zero-order valence-electron chi connectivity index (χ0n) is 14.1. The highest BCUT2D eigenvalue weighted by atomic mass is 32.2. The number of benzene rings is 2. The van der Waals surface area contributed by atoms with Crippen molar-refractivity contribution in [1.29, 1.82) is 0 Å². The van der Waals surface area contributed by atoms with Crippen LogP contribution in [0.15, 0.2) is 59.6 Å². The molecule has 0 fully saturated rings. The standard InChI is InChI=1S/C20H14F4N2S/c1-27-16-9-2-13(3-10-16)4-11-17(14-5-7-15(21)8-6-14)18-12-25-26-19(18)20(22,23)24/h2-3,5-10,12,17H,1H3,(H,25,26). The Morgan fingerprint density at radius 1 is 1.04 bits per heavy atom. The maximum atomic E-state index is 13.3. The van der Waals surface area contributed by atoms with Gasteiger partial charge >= 0.3 is 6.18 Å². The normalized spacial score (nSPS) is 12.3. The van der Waals surface area contributed by atoms with E-state index in [9.17, 15) is 17.6 Å². The number of nitrogens with zero attached hydrogens (tertiary/aromatic N) is 1. The van der Waals surface area contributed by atoms with Crippen molar-refractivity contribution in [2.45, 2.75) is 17.0 Å². The summed E-state index contributed by atoms with van der Waals surface area (Å²) in [5.41, 5.74) is 0.0831. The van der Waals surface area contributed by atoms with E-state index >= 15 is 0 Å². The molecule has 1 atom stereocenters. The number of halogens is 4. The molecule has 0 saturated heterocycles. The molecule has 1 N–H and O–H groups in total. The van der Waals surface area contributed by atoms with Gasteiger partial charge in [-0.3, -0.25) is 5.10 Å². The van der Waals surface area contributed by atoms with Crippen molar-refractivity contribution in [3.63, 3.8) is 0 Å². The fraction of sp³-hybridized carbons (Fsp3) is 0.150. The second kappa shape index (κ2) is 7.89. The van der Waals surface area contributed by atoms with Crippen LogP contribution in [0, 0.1) is 17.7 Å². The lowest BCUT2D eigenvalue weighted by Gasteiger charge is -2.13. The molecule has 1 unspecified atom stereocenters. The minimum Gasteiger partial charge on any atom is -0.273 e. The molecule has 2 nitrogen and oxygen atoms in total. The van der Waals surface area contributed by atoms with E-state index in [0.29, 0.717) is 11.1 Å². The van der Waals surface area contributed by atoms with Crippen molar-refractivity contribution >= 4 is 11.8 Å². The predicted molar refractivity (Wildman–Crippen MR) is 96.9 cm³/mol. The summed E-state index contributed by atoms with van der Waals surface area (Å²) in [7, 11) is 0. The first kappa shape index (κ1) is 19.1. The first-order chi connectivity index (χ1) is 12.9. The molecular formula is C20H14F4N2S. The van der Waals surface area contributed by atoms with Crippen molar-refractivity contribution in [1.82, 2.24) is 10.2 Å². The molecule has 0 radical (unpaired) electrons. The lowest BCUT2D eigenvalue weighted by Crippen LogP contribution is -2.11. The van der Waals surface area contributed by atoms with E-state index in [1.807, 2.05) is 23.5 Å². The molecular weight excluding hydrogens is 376 g/mol. The van der Waals surface area contributed by atoms with Gasteiger partial charge in [-0.15, -0.1) is 11.8 Å². The molecule has 27 heavy (non-hydrogen) atoms. The molecule has 0 aliphatic carbocycles. The minimum absolute atomic E-state index is 0.0951. The first-order valence-electron chi connectivity index (χ1n) is 7.90. The lowest BCUT2D eigenvalue weighted by atomic mass is 9.91. The minimum atomic E-state index is -4.59. The molecule has 3 aromatic rings. The van der Waals surface area contributed by atoms with Gasteiger partial charge in [0.05, 0.1) is 12.1 Å². The Bertz CT molecular complexity index is 964. The van der Waals surface area contributed by atoms with Gasteiger partial charge in [-0.05, 0) is 48.2 Å². The van der Waals surface area contributed by atoms with Crippen LogP contribution in [0.4, 0.5) is 17.6 Å². The lowest BCUT2D eigenvalue weighted by molar-refractivity contribution is -0.141. The molecule has 0 amide bonds. The first-order valence-corrected chi connectivity index (χ1v) is 9.12. The van der Waals surface area contributed by atoms with E-state index in [0.717, 1.165) is 11.1 Å². The van der Waals surface area contributed by atoms with Crippen LogP contribution in [0.1, 0.15) is 28.3 Å². The van der Waals surface area contributed by atoms with Crippen molar-refractivity contribution in [3.05, 3.63) is 82.9 Å². The Balaban J connectivity index is 2.05. The molecule has 0 bridgehead atoms. The third-order valence-corrected chi connectivity index (χ3v) is 4.66. The number of nitrogens with one attached hydrogen (secondary N) is 1. The molecule has 1 aromatic heterocycles. The van der Waals surface area contributed by atoms with Crippen LogP contribution >= 0.6 is 11.8 Å². The predicted octanol–water partition coefficient (Wildman–Crippen LogP) is 5.47. The van der Waals surface area contributed by atoms with Crippen molar-refractivity contribution < 1.29 is 17.6 Å². The smallest absolute Gasteiger partial charge is 0.273 e. The van der Waals surface area contributed by atoms with Gasteiger partial charge in [-0.1, -0.05) is 24.0 Å². The van der Waals surface area contributed by atoms with E-state index < -0.39 is 23.6 Å². The molecule has 3 rings (SSSR count). The number of hydrogen-bond acceptors (Lipinski definition) is 2. The van der Waals surface area contributed by atoms with Crippen molar-refractivity contribution in [2.75, 3.05) is 6.26 Å². The summed E-state index contributed by atoms with van der Waals surface area (Å²) in [6, 6.07) is 12.6. The molecule has 1 heterocycles. The average molecular weight is 390 g/mol. The maximum absolute atomic E-state index is 13.3. The van der Waals surface area contributed by atoms with Crippen LogP contribution in [-0.2, 0) is 6.18 Å². The third-order valence-electron chi connectivity index (χ3n) is 3.92. The van der Waals surface area contributed by atoms with Crippen molar-refractivity contribution in [2.24, 2.45) is 0 Å². The van der Waals surface area contributed by atoms with Crippen LogP contribution in [-0.4, -0.2) is 16.5 Å². The largest absolute Gasteiger partial charge is 0.433 e. The van der Waals surface area contributed by atoms with Crippen LogP contribution in [0.25, 0.3) is 0 Å². The Morgan fingerprint density at radius 3 is 2.30 bits per heavy atom. The Hall–Kier alpha value is -2.72. The third kappa shape index (κ3) is 4.52. The van der Waals surface area contributed by atoms with E-state index in [-0.39, 0.29) is 5.56 Å². The van der Waals surface area contributed by atoms with E-state index in [4.69, 9.17) is 0 Å². The molecule has 0 aliphatic heterocycles. The fourth-order valence-corrected chi connectivity index (χ4v) is 2.98. The maximum Gasteiger partial charge on any atom is 0.433 e. The number of thioether (sulfide) groups is 1. The molecule has 0 aliphatic rings. The second-order valence-electron chi connectivity index (χ2n) is 5.68.